The van der Waals surface area contributed by atoms with Crippen LogP contribution in [0.1, 0.15) is 29.6 Å². The van der Waals surface area contributed by atoms with Crippen molar-refractivity contribution in [2.75, 3.05) is 13.6 Å². The van der Waals surface area contributed by atoms with E-state index in [9.17, 15) is 0 Å². The highest BCUT2D eigenvalue weighted by Crippen LogP contribution is 2.15. The standard InChI is InChI=1S/C21H30N6/c1-14(12-19-15(2)26-27(5)16(19)3)24-21(22-4)23-11-10-18-13-17-8-6-7-9-20(17)25-18/h6-9,13-14,25H,10-12H2,1-5H3,(H2,22,23,24). The summed E-state index contributed by atoms with van der Waals surface area (Å²) in [6.45, 7) is 7.19. The van der Waals surface area contributed by atoms with Gasteiger partial charge in [-0.2, -0.15) is 5.10 Å². The Hall–Kier alpha value is -2.76. The van der Waals surface area contributed by atoms with Gasteiger partial charge in [-0.1, -0.05) is 18.2 Å². The number of aliphatic imine (C=N–C) groups is 1. The van der Waals surface area contributed by atoms with Crippen LogP contribution in [0.4, 0.5) is 0 Å². The number of nitrogens with zero attached hydrogens (tertiary/aromatic N) is 3. The molecule has 0 bridgehead atoms. The molecule has 0 radical (unpaired) electrons. The molecular weight excluding hydrogens is 336 g/mol. The molecule has 0 aliphatic rings. The van der Waals surface area contributed by atoms with Crippen LogP contribution >= 0.6 is 0 Å². The van der Waals surface area contributed by atoms with Gasteiger partial charge < -0.3 is 15.6 Å². The first-order valence-electron chi connectivity index (χ1n) is 9.50. The number of guanidine groups is 1. The third-order valence-corrected chi connectivity index (χ3v) is 5.05. The van der Waals surface area contributed by atoms with Crippen LogP contribution in [0.2, 0.25) is 0 Å². The molecule has 3 rings (SSSR count). The number of aryl methyl sites for hydroxylation is 2. The fraction of sp³-hybridized carbons (Fsp3) is 0.429. The van der Waals surface area contributed by atoms with Crippen molar-refractivity contribution in [2.45, 2.75) is 39.7 Å². The summed E-state index contributed by atoms with van der Waals surface area (Å²) in [7, 11) is 3.81. The van der Waals surface area contributed by atoms with Crippen LogP contribution in [0.15, 0.2) is 35.3 Å². The van der Waals surface area contributed by atoms with Gasteiger partial charge in [-0.3, -0.25) is 9.67 Å². The smallest absolute Gasteiger partial charge is 0.191 e. The Balaban J connectivity index is 1.51. The maximum absolute atomic E-state index is 4.50. The minimum absolute atomic E-state index is 0.269. The second kappa shape index (κ2) is 8.29. The summed E-state index contributed by atoms with van der Waals surface area (Å²) in [5.41, 5.74) is 6.05. The molecule has 0 fully saturated rings. The molecule has 1 atom stereocenters. The van der Waals surface area contributed by atoms with E-state index < -0.39 is 0 Å². The van der Waals surface area contributed by atoms with E-state index in [0.29, 0.717) is 0 Å². The third kappa shape index (κ3) is 4.51. The lowest BCUT2D eigenvalue weighted by Crippen LogP contribution is -2.43. The lowest BCUT2D eigenvalue weighted by Gasteiger charge is -2.18. The Labute approximate surface area is 161 Å². The molecule has 6 nitrogen and oxygen atoms in total. The molecule has 3 aromatic rings. The van der Waals surface area contributed by atoms with E-state index in [0.717, 1.165) is 31.0 Å². The van der Waals surface area contributed by atoms with E-state index in [4.69, 9.17) is 0 Å². The monoisotopic (exact) mass is 366 g/mol. The van der Waals surface area contributed by atoms with Crippen LogP contribution in [0.3, 0.4) is 0 Å². The summed E-state index contributed by atoms with van der Waals surface area (Å²) in [5, 5.41) is 12.7. The fourth-order valence-electron chi connectivity index (χ4n) is 3.48. The first-order chi connectivity index (χ1) is 13.0. The van der Waals surface area contributed by atoms with Crippen molar-refractivity contribution < 1.29 is 0 Å². The Morgan fingerprint density at radius 1 is 1.30 bits per heavy atom. The van der Waals surface area contributed by atoms with Crippen molar-refractivity contribution in [3.05, 3.63) is 53.0 Å². The molecule has 1 unspecified atom stereocenters. The summed E-state index contributed by atoms with van der Waals surface area (Å²) < 4.78 is 1.95. The van der Waals surface area contributed by atoms with Gasteiger partial charge >= 0.3 is 0 Å². The molecule has 0 amide bonds. The average Bonchev–Trinajstić information content (AvgIpc) is 3.16. The van der Waals surface area contributed by atoms with E-state index in [-0.39, 0.29) is 6.04 Å². The molecule has 0 aliphatic heterocycles. The fourth-order valence-corrected chi connectivity index (χ4v) is 3.48. The number of hydrogen-bond donors (Lipinski definition) is 3. The van der Waals surface area contributed by atoms with E-state index in [2.05, 4.69) is 76.8 Å². The molecule has 2 aromatic heterocycles. The van der Waals surface area contributed by atoms with Gasteiger partial charge in [-0.15, -0.1) is 0 Å². The number of hydrogen-bond acceptors (Lipinski definition) is 2. The Morgan fingerprint density at radius 2 is 2.07 bits per heavy atom. The first kappa shape index (κ1) is 19.0. The van der Waals surface area contributed by atoms with Gasteiger partial charge in [0.15, 0.2) is 5.96 Å². The van der Waals surface area contributed by atoms with Crippen LogP contribution in [-0.2, 0) is 19.9 Å². The Kier molecular flexibility index (Phi) is 5.84. The quantitative estimate of drug-likeness (QED) is 0.464. The average molecular weight is 367 g/mol. The van der Waals surface area contributed by atoms with Gasteiger partial charge in [-0.25, -0.2) is 0 Å². The topological polar surface area (TPSA) is 70.0 Å². The summed E-state index contributed by atoms with van der Waals surface area (Å²) >= 11 is 0. The SMILES string of the molecule is CN=C(NCCc1cc2ccccc2[nH]1)NC(C)Cc1c(C)nn(C)c1C. The third-order valence-electron chi connectivity index (χ3n) is 5.05. The number of fused-ring (bicyclic) bond motifs is 1. The zero-order valence-corrected chi connectivity index (χ0v) is 16.9. The largest absolute Gasteiger partial charge is 0.358 e. The highest BCUT2D eigenvalue weighted by Gasteiger charge is 2.14. The molecule has 1 aromatic carbocycles. The van der Waals surface area contributed by atoms with E-state index >= 15 is 0 Å². The van der Waals surface area contributed by atoms with Crippen LogP contribution in [0.25, 0.3) is 10.9 Å². The van der Waals surface area contributed by atoms with E-state index in [1.54, 1.807) is 0 Å². The molecule has 0 saturated carbocycles. The van der Waals surface area contributed by atoms with Gasteiger partial charge in [0, 0.05) is 50.0 Å². The van der Waals surface area contributed by atoms with Crippen molar-refractivity contribution in [1.82, 2.24) is 25.4 Å². The first-order valence-corrected chi connectivity index (χ1v) is 9.50. The van der Waals surface area contributed by atoms with Gasteiger partial charge in [0.2, 0.25) is 0 Å². The molecule has 2 heterocycles. The number of benzene rings is 1. The number of para-hydroxylation sites is 1. The maximum Gasteiger partial charge on any atom is 0.191 e. The van der Waals surface area contributed by atoms with Gasteiger partial charge in [-0.05, 0) is 50.3 Å². The number of nitrogens with one attached hydrogen (secondary N) is 3. The van der Waals surface area contributed by atoms with Crippen LogP contribution < -0.4 is 10.6 Å². The summed E-state index contributed by atoms with van der Waals surface area (Å²) in [5.74, 6) is 0.831. The zero-order valence-electron chi connectivity index (χ0n) is 16.9. The highest BCUT2D eigenvalue weighted by molar-refractivity contribution is 5.81. The maximum atomic E-state index is 4.50. The lowest BCUT2D eigenvalue weighted by atomic mass is 10.1. The molecule has 0 saturated heterocycles. The molecule has 144 valence electrons. The minimum atomic E-state index is 0.269. The van der Waals surface area contributed by atoms with E-state index in [1.165, 1.54) is 27.9 Å². The van der Waals surface area contributed by atoms with Gasteiger partial charge in [0.05, 0.1) is 5.69 Å². The minimum Gasteiger partial charge on any atom is -0.358 e. The second-order valence-corrected chi connectivity index (χ2v) is 7.15. The Morgan fingerprint density at radius 3 is 2.74 bits per heavy atom. The second-order valence-electron chi connectivity index (χ2n) is 7.15. The van der Waals surface area contributed by atoms with Crippen molar-refractivity contribution in [3.8, 4) is 0 Å². The molecule has 3 N–H and O–H groups in total. The summed E-state index contributed by atoms with van der Waals surface area (Å²) in [6.07, 6.45) is 1.85. The van der Waals surface area contributed by atoms with E-state index in [1.807, 2.05) is 18.8 Å². The number of aromatic nitrogens is 3. The van der Waals surface area contributed by atoms with Crippen molar-refractivity contribution in [2.24, 2.45) is 12.0 Å². The molecular formula is C21H30N6. The number of rotatable bonds is 6. The summed E-state index contributed by atoms with van der Waals surface area (Å²) in [6, 6.07) is 10.8. The van der Waals surface area contributed by atoms with Crippen molar-refractivity contribution in [3.63, 3.8) is 0 Å². The van der Waals surface area contributed by atoms with Crippen molar-refractivity contribution >= 4 is 16.9 Å². The molecule has 0 spiro atoms. The van der Waals surface area contributed by atoms with Gasteiger partial charge in [0.1, 0.15) is 0 Å². The predicted octanol–water partition coefficient (Wildman–Crippen LogP) is 2.86. The Bertz CT molecular complexity index is 900. The lowest BCUT2D eigenvalue weighted by molar-refractivity contribution is 0.635. The number of aromatic amines is 1. The number of H-pyrrole nitrogens is 1. The molecule has 27 heavy (non-hydrogen) atoms. The van der Waals surface area contributed by atoms with Gasteiger partial charge in [0.25, 0.3) is 0 Å². The zero-order chi connectivity index (χ0) is 19.4. The molecule has 6 heteroatoms. The highest BCUT2D eigenvalue weighted by atomic mass is 15.3. The summed E-state index contributed by atoms with van der Waals surface area (Å²) in [4.78, 5) is 7.82. The molecule has 0 aliphatic carbocycles. The van der Waals surface area contributed by atoms with Crippen LogP contribution in [0, 0.1) is 13.8 Å². The normalized spacial score (nSPS) is 13.1. The van der Waals surface area contributed by atoms with Crippen LogP contribution in [0.5, 0.6) is 0 Å². The van der Waals surface area contributed by atoms with Crippen LogP contribution in [-0.4, -0.2) is 40.4 Å². The predicted molar refractivity (Wildman–Crippen MR) is 112 cm³/mol. The van der Waals surface area contributed by atoms with Crippen molar-refractivity contribution in [1.29, 1.82) is 0 Å².